The van der Waals surface area contributed by atoms with E-state index in [0.717, 1.165) is 59.6 Å². The van der Waals surface area contributed by atoms with Crippen LogP contribution >= 0.6 is 0 Å². The predicted molar refractivity (Wildman–Crippen MR) is 118 cm³/mol. The summed E-state index contributed by atoms with van der Waals surface area (Å²) >= 11 is 0. The maximum absolute atomic E-state index is 12.7. The van der Waals surface area contributed by atoms with Crippen molar-refractivity contribution in [1.82, 2.24) is 4.90 Å². The first-order chi connectivity index (χ1) is 13.8. The van der Waals surface area contributed by atoms with Crippen LogP contribution in [-0.2, 0) is 9.59 Å². The fraction of sp³-hybridized carbons (Fsp3) is 0.417. The second-order valence-corrected chi connectivity index (χ2v) is 8.23. The topological polar surface area (TPSA) is 61.4 Å². The average Bonchev–Trinajstić information content (AvgIpc) is 2.64. The fourth-order valence-electron chi connectivity index (χ4n) is 4.04. The van der Waals surface area contributed by atoms with Gasteiger partial charge in [-0.25, -0.2) is 0 Å². The molecule has 1 aliphatic heterocycles. The summed E-state index contributed by atoms with van der Waals surface area (Å²) in [5, 5.41) is 6.10. The molecule has 2 amide bonds. The molecule has 0 bridgehead atoms. The fourth-order valence-corrected chi connectivity index (χ4v) is 4.04. The van der Waals surface area contributed by atoms with Crippen LogP contribution in [0.2, 0.25) is 0 Å². The maximum atomic E-state index is 12.7. The number of carbonyl (C=O) groups is 2. The van der Waals surface area contributed by atoms with Crippen molar-refractivity contribution in [2.75, 3.05) is 30.3 Å². The number of anilines is 2. The first kappa shape index (κ1) is 21.1. The molecule has 2 aromatic carbocycles. The van der Waals surface area contributed by atoms with E-state index < -0.39 is 0 Å². The number of piperidine rings is 1. The summed E-state index contributed by atoms with van der Waals surface area (Å²) in [5.74, 6) is 0.0721. The quantitative estimate of drug-likeness (QED) is 0.800. The molecule has 1 fully saturated rings. The van der Waals surface area contributed by atoms with E-state index in [-0.39, 0.29) is 17.7 Å². The summed E-state index contributed by atoms with van der Waals surface area (Å²) in [6.45, 7) is 9.95. The maximum Gasteiger partial charge on any atom is 0.238 e. The van der Waals surface area contributed by atoms with Gasteiger partial charge in [0, 0.05) is 17.3 Å². The van der Waals surface area contributed by atoms with Gasteiger partial charge in [-0.15, -0.1) is 0 Å². The molecule has 0 saturated carbocycles. The molecule has 0 radical (unpaired) electrons. The Morgan fingerprint density at radius 3 is 2.10 bits per heavy atom. The van der Waals surface area contributed by atoms with Crippen molar-refractivity contribution in [3.05, 3.63) is 58.7 Å². The molecule has 0 spiro atoms. The van der Waals surface area contributed by atoms with Gasteiger partial charge in [0.25, 0.3) is 0 Å². The zero-order valence-corrected chi connectivity index (χ0v) is 17.8. The van der Waals surface area contributed by atoms with Gasteiger partial charge in [0.05, 0.1) is 6.54 Å². The van der Waals surface area contributed by atoms with Crippen LogP contribution in [0.5, 0.6) is 0 Å². The van der Waals surface area contributed by atoms with Crippen LogP contribution in [0.1, 0.15) is 35.1 Å². The molecule has 1 aliphatic rings. The summed E-state index contributed by atoms with van der Waals surface area (Å²) in [7, 11) is 0. The normalized spacial score (nSPS) is 15.2. The van der Waals surface area contributed by atoms with Crippen LogP contribution in [0.25, 0.3) is 0 Å². The van der Waals surface area contributed by atoms with Gasteiger partial charge in [0.1, 0.15) is 0 Å². The van der Waals surface area contributed by atoms with Gasteiger partial charge in [-0.2, -0.15) is 0 Å². The molecule has 1 saturated heterocycles. The Bertz CT molecular complexity index is 858. The van der Waals surface area contributed by atoms with Crippen LogP contribution in [0, 0.1) is 33.6 Å². The minimum absolute atomic E-state index is 0.00608. The highest BCUT2D eigenvalue weighted by atomic mass is 16.2. The standard InChI is InChI=1S/C24H31N3O2/c1-16-12-17(2)14-21(13-16)25-22(28)15-27-10-8-20(9-11-27)24(29)26-23-18(3)6-5-7-19(23)4/h5-7,12-14,20H,8-11,15H2,1-4H3,(H,25,28)(H,26,29). The monoisotopic (exact) mass is 393 g/mol. The highest BCUT2D eigenvalue weighted by Gasteiger charge is 2.26. The predicted octanol–water partition coefficient (Wildman–Crippen LogP) is 4.21. The molecule has 5 nitrogen and oxygen atoms in total. The molecule has 1 heterocycles. The SMILES string of the molecule is Cc1cc(C)cc(NC(=O)CN2CCC(C(=O)Nc3c(C)cccc3C)CC2)c1. The number of hydrogen-bond acceptors (Lipinski definition) is 3. The number of para-hydroxylation sites is 1. The van der Waals surface area contributed by atoms with Gasteiger partial charge in [-0.3, -0.25) is 14.5 Å². The van der Waals surface area contributed by atoms with Crippen LogP contribution in [0.3, 0.4) is 0 Å². The lowest BCUT2D eigenvalue weighted by atomic mass is 9.95. The molecule has 0 atom stereocenters. The summed E-state index contributed by atoms with van der Waals surface area (Å²) in [4.78, 5) is 27.2. The second-order valence-electron chi connectivity index (χ2n) is 8.23. The van der Waals surface area contributed by atoms with Crippen molar-refractivity contribution in [3.63, 3.8) is 0 Å². The number of nitrogens with zero attached hydrogens (tertiary/aromatic N) is 1. The summed E-state index contributed by atoms with van der Waals surface area (Å²) < 4.78 is 0. The Balaban J connectivity index is 1.48. The first-order valence-corrected chi connectivity index (χ1v) is 10.3. The van der Waals surface area contributed by atoms with E-state index in [4.69, 9.17) is 0 Å². The second kappa shape index (κ2) is 9.23. The van der Waals surface area contributed by atoms with E-state index in [1.54, 1.807) is 0 Å². The molecule has 0 unspecified atom stereocenters. The van der Waals surface area contributed by atoms with Gasteiger partial charge in [-0.1, -0.05) is 24.3 Å². The van der Waals surface area contributed by atoms with Crippen LogP contribution < -0.4 is 10.6 Å². The van der Waals surface area contributed by atoms with Crippen molar-refractivity contribution in [1.29, 1.82) is 0 Å². The van der Waals surface area contributed by atoms with E-state index in [1.165, 1.54) is 0 Å². The third-order valence-electron chi connectivity index (χ3n) is 5.56. The Hall–Kier alpha value is -2.66. The van der Waals surface area contributed by atoms with Gasteiger partial charge >= 0.3 is 0 Å². The minimum atomic E-state index is -0.00672. The number of amides is 2. The van der Waals surface area contributed by atoms with Gasteiger partial charge < -0.3 is 10.6 Å². The minimum Gasteiger partial charge on any atom is -0.325 e. The Kier molecular flexibility index (Phi) is 6.70. The van der Waals surface area contributed by atoms with Crippen molar-refractivity contribution in [3.8, 4) is 0 Å². The van der Waals surface area contributed by atoms with E-state index in [9.17, 15) is 9.59 Å². The van der Waals surface area contributed by atoms with Gasteiger partial charge in [-0.05, 0) is 88.0 Å². The van der Waals surface area contributed by atoms with Crippen LogP contribution in [0.15, 0.2) is 36.4 Å². The van der Waals surface area contributed by atoms with Crippen molar-refractivity contribution in [2.24, 2.45) is 5.92 Å². The smallest absolute Gasteiger partial charge is 0.238 e. The zero-order valence-electron chi connectivity index (χ0n) is 17.8. The van der Waals surface area contributed by atoms with Crippen LogP contribution in [-0.4, -0.2) is 36.3 Å². The molecule has 3 rings (SSSR count). The van der Waals surface area contributed by atoms with E-state index in [1.807, 2.05) is 58.0 Å². The lowest BCUT2D eigenvalue weighted by Gasteiger charge is -2.31. The molecular formula is C24H31N3O2. The van der Waals surface area contributed by atoms with Crippen LogP contribution in [0.4, 0.5) is 11.4 Å². The Morgan fingerprint density at radius 1 is 0.931 bits per heavy atom. The molecule has 154 valence electrons. The largest absolute Gasteiger partial charge is 0.325 e. The van der Waals surface area contributed by atoms with E-state index in [2.05, 4.69) is 21.6 Å². The molecule has 0 aliphatic carbocycles. The van der Waals surface area contributed by atoms with Crippen molar-refractivity contribution >= 4 is 23.2 Å². The lowest BCUT2D eigenvalue weighted by molar-refractivity contribution is -0.121. The average molecular weight is 394 g/mol. The number of likely N-dealkylation sites (tertiary alicyclic amines) is 1. The first-order valence-electron chi connectivity index (χ1n) is 10.3. The lowest BCUT2D eigenvalue weighted by Crippen LogP contribution is -2.41. The third kappa shape index (κ3) is 5.67. The van der Waals surface area contributed by atoms with Crippen molar-refractivity contribution < 1.29 is 9.59 Å². The highest BCUT2D eigenvalue weighted by molar-refractivity contribution is 5.94. The van der Waals surface area contributed by atoms with Gasteiger partial charge in [0.15, 0.2) is 0 Å². The molecule has 2 N–H and O–H groups in total. The molecular weight excluding hydrogens is 362 g/mol. The van der Waals surface area contributed by atoms with Crippen molar-refractivity contribution in [2.45, 2.75) is 40.5 Å². The Morgan fingerprint density at radius 2 is 1.52 bits per heavy atom. The number of carbonyl (C=O) groups excluding carboxylic acids is 2. The Labute approximate surface area is 173 Å². The molecule has 5 heteroatoms. The highest BCUT2D eigenvalue weighted by Crippen LogP contribution is 2.23. The zero-order chi connectivity index (χ0) is 21.0. The molecule has 2 aromatic rings. The summed E-state index contributed by atoms with van der Waals surface area (Å²) in [5.41, 5.74) is 6.20. The summed E-state index contributed by atoms with van der Waals surface area (Å²) in [6.07, 6.45) is 1.54. The molecule has 0 aromatic heterocycles. The van der Waals surface area contributed by atoms with E-state index >= 15 is 0 Å². The number of aryl methyl sites for hydroxylation is 4. The summed E-state index contributed by atoms with van der Waals surface area (Å²) in [6, 6.07) is 12.1. The van der Waals surface area contributed by atoms with Gasteiger partial charge in [0.2, 0.25) is 11.8 Å². The number of benzene rings is 2. The number of nitrogens with one attached hydrogen (secondary N) is 2. The number of rotatable bonds is 5. The van der Waals surface area contributed by atoms with E-state index in [0.29, 0.717) is 6.54 Å². The number of hydrogen-bond donors (Lipinski definition) is 2. The third-order valence-corrected chi connectivity index (χ3v) is 5.56. The molecule has 29 heavy (non-hydrogen) atoms.